The molecule has 0 spiro atoms. The number of hydrogen-bond donors (Lipinski definition) is 2. The zero-order valence-corrected chi connectivity index (χ0v) is 11.6. The van der Waals surface area contributed by atoms with Crippen LogP contribution in [-0.2, 0) is 6.54 Å². The molecule has 2 aliphatic heterocycles. The number of aromatic nitrogens is 1. The van der Waals surface area contributed by atoms with Crippen LogP contribution in [0.15, 0.2) is 10.7 Å². The molecule has 110 valence electrons. The van der Waals surface area contributed by atoms with E-state index in [2.05, 4.69) is 20.6 Å². The summed E-state index contributed by atoms with van der Waals surface area (Å²) >= 11 is 0. The molecule has 7 heteroatoms. The van der Waals surface area contributed by atoms with Gasteiger partial charge in [-0.3, -0.25) is 15.1 Å². The lowest BCUT2D eigenvalue weighted by Crippen LogP contribution is -2.43. The van der Waals surface area contributed by atoms with Crippen LogP contribution in [0.3, 0.4) is 0 Å². The molecule has 3 rings (SSSR count). The standard InChI is InChI=1S/C13H21N5O2/c19-13(16-18-5-1-2-6-18)11-10-20-12(15-11)9-17-7-3-14-4-8-17/h10,14H,1-9H2,(H,16,19). The van der Waals surface area contributed by atoms with Gasteiger partial charge in [0.25, 0.3) is 5.91 Å². The first-order chi connectivity index (χ1) is 9.81. The molecule has 0 saturated carbocycles. The number of hydrazine groups is 1. The van der Waals surface area contributed by atoms with E-state index in [0.717, 1.165) is 52.1 Å². The normalized spacial score (nSPS) is 21.2. The summed E-state index contributed by atoms with van der Waals surface area (Å²) in [7, 11) is 0. The van der Waals surface area contributed by atoms with Gasteiger partial charge in [0.1, 0.15) is 6.26 Å². The summed E-state index contributed by atoms with van der Waals surface area (Å²) in [4.78, 5) is 18.6. The fourth-order valence-electron chi connectivity index (χ4n) is 2.58. The fourth-order valence-corrected chi connectivity index (χ4v) is 2.58. The Bertz CT molecular complexity index is 449. The summed E-state index contributed by atoms with van der Waals surface area (Å²) < 4.78 is 5.40. The van der Waals surface area contributed by atoms with Crippen LogP contribution in [0.4, 0.5) is 0 Å². The van der Waals surface area contributed by atoms with E-state index in [1.54, 1.807) is 0 Å². The zero-order chi connectivity index (χ0) is 13.8. The summed E-state index contributed by atoms with van der Waals surface area (Å²) in [5.41, 5.74) is 3.22. The van der Waals surface area contributed by atoms with E-state index in [9.17, 15) is 4.79 Å². The SMILES string of the molecule is O=C(NN1CCCC1)c1coc(CN2CCNCC2)n1. The fraction of sp³-hybridized carbons (Fsp3) is 0.692. The smallest absolute Gasteiger partial charge is 0.287 e. The van der Waals surface area contributed by atoms with Crippen LogP contribution in [0.2, 0.25) is 0 Å². The average Bonchev–Trinajstić information content (AvgIpc) is 3.11. The van der Waals surface area contributed by atoms with Gasteiger partial charge in [0.2, 0.25) is 5.89 Å². The van der Waals surface area contributed by atoms with Crippen LogP contribution in [0.25, 0.3) is 0 Å². The Morgan fingerprint density at radius 2 is 2.05 bits per heavy atom. The number of rotatable bonds is 4. The first-order valence-electron chi connectivity index (χ1n) is 7.25. The third kappa shape index (κ3) is 3.36. The third-order valence-electron chi connectivity index (χ3n) is 3.72. The summed E-state index contributed by atoms with van der Waals surface area (Å²) in [6.07, 6.45) is 3.71. The number of nitrogens with zero attached hydrogens (tertiary/aromatic N) is 3. The predicted molar refractivity (Wildman–Crippen MR) is 72.9 cm³/mol. The van der Waals surface area contributed by atoms with Crippen LogP contribution in [0.1, 0.15) is 29.2 Å². The van der Waals surface area contributed by atoms with E-state index in [-0.39, 0.29) is 5.91 Å². The first-order valence-corrected chi connectivity index (χ1v) is 7.25. The monoisotopic (exact) mass is 279 g/mol. The Hall–Kier alpha value is -1.44. The molecule has 0 bridgehead atoms. The predicted octanol–water partition coefficient (Wildman–Crippen LogP) is -0.180. The molecule has 0 aliphatic carbocycles. The Morgan fingerprint density at radius 3 is 2.80 bits per heavy atom. The Labute approximate surface area is 118 Å². The van der Waals surface area contributed by atoms with Gasteiger partial charge in [-0.15, -0.1) is 0 Å². The van der Waals surface area contributed by atoms with E-state index in [1.165, 1.54) is 6.26 Å². The van der Waals surface area contributed by atoms with Crippen molar-refractivity contribution in [1.29, 1.82) is 0 Å². The summed E-state index contributed by atoms with van der Waals surface area (Å²) in [6.45, 7) is 6.44. The van der Waals surface area contributed by atoms with Crippen molar-refractivity contribution >= 4 is 5.91 Å². The largest absolute Gasteiger partial charge is 0.447 e. The number of amides is 1. The van der Waals surface area contributed by atoms with E-state index in [0.29, 0.717) is 18.1 Å². The second kappa shape index (κ2) is 6.34. The molecule has 1 amide bonds. The molecule has 3 heterocycles. The topological polar surface area (TPSA) is 73.6 Å². The van der Waals surface area contributed by atoms with Gasteiger partial charge in [0.15, 0.2) is 5.69 Å². The van der Waals surface area contributed by atoms with Crippen molar-refractivity contribution in [2.24, 2.45) is 0 Å². The van der Waals surface area contributed by atoms with Gasteiger partial charge in [-0.05, 0) is 12.8 Å². The quantitative estimate of drug-likeness (QED) is 0.796. The number of carbonyl (C=O) groups is 1. The molecule has 2 fully saturated rings. The van der Waals surface area contributed by atoms with Gasteiger partial charge in [-0.1, -0.05) is 0 Å². The maximum absolute atomic E-state index is 12.0. The molecule has 0 unspecified atom stereocenters. The lowest BCUT2D eigenvalue weighted by atomic mass is 10.3. The molecule has 2 aliphatic rings. The minimum atomic E-state index is -0.179. The molecule has 0 radical (unpaired) electrons. The zero-order valence-electron chi connectivity index (χ0n) is 11.6. The number of carbonyl (C=O) groups excluding carboxylic acids is 1. The third-order valence-corrected chi connectivity index (χ3v) is 3.72. The number of oxazole rings is 1. The molecule has 0 atom stereocenters. The van der Waals surface area contributed by atoms with Crippen LogP contribution in [-0.4, -0.2) is 60.1 Å². The summed E-state index contributed by atoms with van der Waals surface area (Å²) in [5, 5.41) is 5.24. The van der Waals surface area contributed by atoms with Gasteiger partial charge in [0, 0.05) is 39.3 Å². The molecule has 7 nitrogen and oxygen atoms in total. The van der Waals surface area contributed by atoms with Crippen molar-refractivity contribution < 1.29 is 9.21 Å². The Kier molecular flexibility index (Phi) is 4.29. The van der Waals surface area contributed by atoms with Crippen molar-refractivity contribution in [2.75, 3.05) is 39.3 Å². The van der Waals surface area contributed by atoms with Crippen molar-refractivity contribution in [1.82, 2.24) is 25.6 Å². The van der Waals surface area contributed by atoms with E-state index < -0.39 is 0 Å². The lowest BCUT2D eigenvalue weighted by molar-refractivity contribution is 0.0820. The van der Waals surface area contributed by atoms with Crippen LogP contribution < -0.4 is 10.7 Å². The molecular formula is C13H21N5O2. The van der Waals surface area contributed by atoms with Crippen molar-refractivity contribution in [2.45, 2.75) is 19.4 Å². The van der Waals surface area contributed by atoms with Crippen LogP contribution in [0, 0.1) is 0 Å². The molecule has 1 aromatic heterocycles. The molecular weight excluding hydrogens is 258 g/mol. The van der Waals surface area contributed by atoms with Gasteiger partial charge >= 0.3 is 0 Å². The highest BCUT2D eigenvalue weighted by Crippen LogP contribution is 2.08. The minimum absolute atomic E-state index is 0.179. The van der Waals surface area contributed by atoms with E-state index >= 15 is 0 Å². The van der Waals surface area contributed by atoms with E-state index in [4.69, 9.17) is 4.42 Å². The average molecular weight is 279 g/mol. The Balaban J connectivity index is 1.53. The van der Waals surface area contributed by atoms with Crippen molar-refractivity contribution in [3.05, 3.63) is 17.8 Å². The highest BCUT2D eigenvalue weighted by molar-refractivity contribution is 5.91. The van der Waals surface area contributed by atoms with E-state index in [1.807, 2.05) is 5.01 Å². The summed E-state index contributed by atoms with van der Waals surface area (Å²) in [5.74, 6) is 0.431. The molecule has 2 saturated heterocycles. The second-order valence-electron chi connectivity index (χ2n) is 5.29. The number of piperazine rings is 1. The van der Waals surface area contributed by atoms with Crippen LogP contribution in [0.5, 0.6) is 0 Å². The summed E-state index contributed by atoms with van der Waals surface area (Å²) in [6, 6.07) is 0. The van der Waals surface area contributed by atoms with Gasteiger partial charge in [0.05, 0.1) is 6.54 Å². The highest BCUT2D eigenvalue weighted by Gasteiger charge is 2.19. The molecule has 2 N–H and O–H groups in total. The van der Waals surface area contributed by atoms with Gasteiger partial charge in [-0.2, -0.15) is 0 Å². The van der Waals surface area contributed by atoms with Crippen LogP contribution >= 0.6 is 0 Å². The number of nitrogens with one attached hydrogen (secondary N) is 2. The van der Waals surface area contributed by atoms with Crippen molar-refractivity contribution in [3.63, 3.8) is 0 Å². The Morgan fingerprint density at radius 1 is 1.30 bits per heavy atom. The maximum atomic E-state index is 12.0. The maximum Gasteiger partial charge on any atom is 0.287 e. The number of hydrogen-bond acceptors (Lipinski definition) is 6. The minimum Gasteiger partial charge on any atom is -0.447 e. The van der Waals surface area contributed by atoms with Gasteiger partial charge < -0.3 is 9.73 Å². The highest BCUT2D eigenvalue weighted by atomic mass is 16.3. The molecule has 1 aromatic rings. The molecule has 20 heavy (non-hydrogen) atoms. The first kappa shape index (κ1) is 13.5. The lowest BCUT2D eigenvalue weighted by Gasteiger charge is -2.25. The molecule has 0 aromatic carbocycles. The second-order valence-corrected chi connectivity index (χ2v) is 5.29. The van der Waals surface area contributed by atoms with Crippen molar-refractivity contribution in [3.8, 4) is 0 Å². The van der Waals surface area contributed by atoms with Gasteiger partial charge in [-0.25, -0.2) is 9.99 Å².